The highest BCUT2D eigenvalue weighted by molar-refractivity contribution is 8.01. The van der Waals surface area contributed by atoms with E-state index in [0.29, 0.717) is 43.3 Å². The maximum atomic E-state index is 13.2. The second kappa shape index (κ2) is 42.6. The van der Waals surface area contributed by atoms with Gasteiger partial charge in [-0.25, -0.2) is 14.4 Å². The van der Waals surface area contributed by atoms with Crippen molar-refractivity contribution in [2.75, 3.05) is 37.1 Å². The quantitative estimate of drug-likeness (QED) is 0.0350. The topological polar surface area (TPSA) is 279 Å². The Bertz CT molecular complexity index is 2520. The molecule has 3 aromatic rings. The van der Waals surface area contributed by atoms with E-state index in [9.17, 15) is 38.4 Å². The molecule has 3 aromatic carbocycles. The number of rotatable bonds is 27. The second-order valence-corrected chi connectivity index (χ2v) is 30.8. The van der Waals surface area contributed by atoms with E-state index in [4.69, 9.17) is 40.3 Å². The standard InChI is InChI=1S/C24H37NO5S.C19H29NO3S.C14H19NO4.C9H19NO2S.ClH.H2/c1-8-29-21(27)18(16-31-24(5,6)7)15-20(26)19(14-17-12-10-9-11-13-17)25-22(28)30-23(2,3)4;1-5-23-18(22)15(13-24-19(2,3)4)12-17(21)16(20)11-14-9-7-6-8-10-14;1-14(2,3)19-13(18)15-11(12(16)17)9-10-7-5-4-6-8-10;1-5-12-8(11)7(10)6-13-9(2,3)4;;/h9-13,18-19H,8,14-16H2,1-7H3,(H,25,28);6-10,15-16H,5,11-13,20H2,1-4H3;4-8,11H,9H2,1-3H3,(H,15,18)(H,16,17);7H,5-6,10H2,1-4H3;2*1H/t18-,19-;15-,16-;11-;7-;;/m0000../s1/i;;;;;1+1. The summed E-state index contributed by atoms with van der Waals surface area (Å²) >= 11 is 4.94. The summed E-state index contributed by atoms with van der Waals surface area (Å²) in [5, 5.41) is 14.2. The number of ether oxygens (including phenoxy) is 5. The summed E-state index contributed by atoms with van der Waals surface area (Å²) in [6.07, 6.45) is -0.224. The van der Waals surface area contributed by atoms with Crippen molar-refractivity contribution in [1.82, 2.24) is 10.6 Å². The minimum atomic E-state index is -1.09. The summed E-state index contributed by atoms with van der Waals surface area (Å²) in [5.41, 5.74) is 13.1. The highest BCUT2D eigenvalue weighted by Crippen LogP contribution is 2.29. The van der Waals surface area contributed by atoms with E-state index in [1.807, 2.05) is 91.0 Å². The predicted molar refractivity (Wildman–Crippen MR) is 362 cm³/mol. The van der Waals surface area contributed by atoms with Crippen molar-refractivity contribution < 1.29 is 68.6 Å². The Morgan fingerprint density at radius 2 is 0.761 bits per heavy atom. The number of benzene rings is 3. The molecule has 0 saturated carbocycles. The average Bonchev–Trinajstić information content (AvgIpc) is 3.62. The summed E-state index contributed by atoms with van der Waals surface area (Å²) in [6.45, 7) is 35.4. The first-order valence-electron chi connectivity index (χ1n) is 29.5. The molecule has 0 unspecified atom stereocenters. The molecule has 0 aliphatic heterocycles. The van der Waals surface area contributed by atoms with Gasteiger partial charge in [-0.2, -0.15) is 35.3 Å². The maximum absolute atomic E-state index is 13.2. The predicted octanol–water partition coefficient (Wildman–Crippen LogP) is 12.3. The van der Waals surface area contributed by atoms with Crippen LogP contribution in [0.3, 0.4) is 0 Å². The number of alkyl carbamates (subject to hydrolysis) is 2. The number of carbonyl (C=O) groups excluding carboxylic acids is 7. The number of hydrogen-bond acceptors (Lipinski definition) is 18. The number of nitrogens with two attached hydrogens (primary N) is 2. The molecule has 0 aromatic heterocycles. The second-order valence-electron chi connectivity index (χ2n) is 25.3. The SMILES string of the molecule is CC(C)(C)OC(=O)N[C@@H](Cc1ccccc1)C(=O)O.CCOC(=O)[C@@H](N)CSC(C)(C)C.CCOC(=O)[C@H](CSC(C)(C)C)CC(=O)[C@@H](N)Cc1ccccc1.CCOC(=O)[C@H](CSC(C)(C)C)CC(=O)[C@H](Cc1ccccc1)NC(=O)OC(C)(C)C.Cl.[2HH]. The molecule has 500 valence electrons. The minimum absolute atomic E-state index is 0. The van der Waals surface area contributed by atoms with Crippen LogP contribution in [0.25, 0.3) is 0 Å². The number of ketones is 2. The number of carboxylic acid groups (broad SMARTS) is 1. The lowest BCUT2D eigenvalue weighted by molar-refractivity contribution is -0.149. The van der Waals surface area contributed by atoms with Crippen LogP contribution in [0.15, 0.2) is 91.0 Å². The van der Waals surface area contributed by atoms with E-state index in [0.717, 1.165) is 16.7 Å². The molecule has 0 spiro atoms. The van der Waals surface area contributed by atoms with Crippen molar-refractivity contribution in [3.8, 4) is 0 Å². The highest BCUT2D eigenvalue weighted by Gasteiger charge is 2.32. The highest BCUT2D eigenvalue weighted by atomic mass is 35.5. The number of halogens is 1. The van der Waals surface area contributed by atoms with E-state index < -0.39 is 65.4 Å². The van der Waals surface area contributed by atoms with Gasteiger partial charge < -0.3 is 50.9 Å². The number of thioether (sulfide) groups is 3. The third-order valence-corrected chi connectivity index (χ3v) is 15.5. The zero-order valence-corrected chi connectivity index (χ0v) is 58.7. The summed E-state index contributed by atoms with van der Waals surface area (Å²) in [4.78, 5) is 96.5. The van der Waals surface area contributed by atoms with Crippen LogP contribution in [-0.2, 0) is 71.7 Å². The molecule has 0 radical (unpaired) electrons. The van der Waals surface area contributed by atoms with Gasteiger partial charge in [-0.3, -0.25) is 24.0 Å². The minimum Gasteiger partial charge on any atom is -0.480 e. The van der Waals surface area contributed by atoms with E-state index in [1.165, 1.54) is 0 Å². The van der Waals surface area contributed by atoms with Crippen LogP contribution >= 0.6 is 47.7 Å². The third kappa shape index (κ3) is 44.2. The lowest BCUT2D eigenvalue weighted by Crippen LogP contribution is -2.45. The molecule has 22 heteroatoms. The Balaban J connectivity index is -0.00000115. The largest absolute Gasteiger partial charge is 0.480 e. The first kappa shape index (κ1) is 84.7. The molecule has 6 atom stereocenters. The fraction of sp³-hybridized carbons (Fsp3) is 0.606. The molecule has 18 nitrogen and oxygen atoms in total. The summed E-state index contributed by atoms with van der Waals surface area (Å²) in [6, 6.07) is 25.4. The maximum Gasteiger partial charge on any atom is 0.408 e. The fourth-order valence-corrected chi connectivity index (χ4v) is 9.83. The van der Waals surface area contributed by atoms with E-state index in [-0.39, 0.29) is 83.4 Å². The molecule has 2 amide bonds. The van der Waals surface area contributed by atoms with Gasteiger partial charge in [0.05, 0.1) is 43.7 Å². The van der Waals surface area contributed by atoms with Crippen molar-refractivity contribution in [3.63, 3.8) is 0 Å². The Morgan fingerprint density at radius 3 is 1.09 bits per heavy atom. The number of carboxylic acids is 1. The van der Waals surface area contributed by atoms with Gasteiger partial charge in [0.1, 0.15) is 23.3 Å². The van der Waals surface area contributed by atoms with Gasteiger partial charge in [0, 0.05) is 52.2 Å². The summed E-state index contributed by atoms with van der Waals surface area (Å²) in [7, 11) is 0. The Hall–Kier alpha value is -5.32. The third-order valence-electron chi connectivity index (χ3n) is 11.2. The van der Waals surface area contributed by atoms with Crippen molar-refractivity contribution in [1.29, 1.82) is 0 Å². The molecule has 0 aliphatic carbocycles. The molecule has 0 heterocycles. The van der Waals surface area contributed by atoms with Crippen molar-refractivity contribution in [3.05, 3.63) is 108 Å². The number of amides is 2. The van der Waals surface area contributed by atoms with Gasteiger partial charge >= 0.3 is 36.1 Å². The van der Waals surface area contributed by atoms with Crippen molar-refractivity contribution >= 4 is 95.3 Å². The molecule has 0 bridgehead atoms. The summed E-state index contributed by atoms with van der Waals surface area (Å²) < 4.78 is 25.6. The van der Waals surface area contributed by atoms with Gasteiger partial charge in [0.2, 0.25) is 0 Å². The number of esters is 3. The number of aliphatic carboxylic acids is 1. The zero-order chi connectivity index (χ0) is 66.8. The molecule has 0 fully saturated rings. The van der Waals surface area contributed by atoms with Crippen LogP contribution in [0.1, 0.15) is 156 Å². The molecule has 7 N–H and O–H groups in total. The number of nitrogens with one attached hydrogen (secondary N) is 2. The molecule has 0 aliphatic rings. The van der Waals surface area contributed by atoms with Crippen LogP contribution in [0.4, 0.5) is 9.59 Å². The van der Waals surface area contributed by atoms with Crippen LogP contribution in [0.5, 0.6) is 0 Å². The lowest BCUT2D eigenvalue weighted by atomic mass is 9.95. The number of hydrogen-bond donors (Lipinski definition) is 5. The number of Topliss-reactive ketones (excluding diaryl/α,β-unsaturated/α-hetero) is 2. The lowest BCUT2D eigenvalue weighted by Gasteiger charge is -2.25. The van der Waals surface area contributed by atoms with E-state index >= 15 is 0 Å². The van der Waals surface area contributed by atoms with Crippen LogP contribution in [0, 0.1) is 11.8 Å². The van der Waals surface area contributed by atoms with Crippen LogP contribution < -0.4 is 22.1 Å². The molecular formula is C66H107ClN4O14S3. The molecule has 88 heavy (non-hydrogen) atoms. The van der Waals surface area contributed by atoms with Gasteiger partial charge in [0.15, 0.2) is 11.6 Å². The van der Waals surface area contributed by atoms with Gasteiger partial charge in [0.25, 0.3) is 0 Å². The summed E-state index contributed by atoms with van der Waals surface area (Å²) in [5.74, 6) is -1.77. The fourth-order valence-electron chi connectivity index (χ4n) is 7.10. The van der Waals surface area contributed by atoms with E-state index in [2.05, 4.69) is 72.9 Å². The first-order valence-corrected chi connectivity index (χ1v) is 32.4. The molecule has 0 saturated heterocycles. The van der Waals surface area contributed by atoms with Crippen molar-refractivity contribution in [2.45, 2.75) is 206 Å². The van der Waals surface area contributed by atoms with E-state index in [1.54, 1.807) is 97.6 Å². The Labute approximate surface area is 546 Å². The van der Waals surface area contributed by atoms with Gasteiger partial charge in [-0.05, 0) is 91.8 Å². The number of carbonyl (C=O) groups is 8. The molecule has 3 rings (SSSR count). The smallest absolute Gasteiger partial charge is 0.408 e. The van der Waals surface area contributed by atoms with Crippen LogP contribution in [0.2, 0.25) is 0 Å². The van der Waals surface area contributed by atoms with Gasteiger partial charge in [-0.15, -0.1) is 12.4 Å². The Morgan fingerprint density at radius 1 is 0.455 bits per heavy atom. The average molecular weight is 1310 g/mol. The Kier molecular flexibility index (Phi) is 41.1. The van der Waals surface area contributed by atoms with Crippen molar-refractivity contribution in [2.24, 2.45) is 23.3 Å². The normalized spacial score (nSPS) is 13.5. The van der Waals surface area contributed by atoms with Gasteiger partial charge in [-0.1, -0.05) is 153 Å². The first-order chi connectivity index (χ1) is 40.2. The monoisotopic (exact) mass is 1310 g/mol. The molecular weight excluding hydrogens is 1200 g/mol. The zero-order valence-electron chi connectivity index (χ0n) is 55.4. The van der Waals surface area contributed by atoms with Crippen LogP contribution in [-0.4, -0.2) is 139 Å².